The number of nitrogens with zero attached hydrogens (tertiary/aromatic N) is 6. The van der Waals surface area contributed by atoms with E-state index >= 15 is 0 Å². The molecule has 0 saturated carbocycles. The van der Waals surface area contributed by atoms with Gasteiger partial charge < -0.3 is 14.5 Å². The highest BCUT2D eigenvalue weighted by atomic mass is 16.2. The maximum Gasteiger partial charge on any atom is 0.255 e. The van der Waals surface area contributed by atoms with E-state index in [2.05, 4.69) is 20.3 Å². The molecule has 3 aromatic heterocycles. The molecule has 1 saturated heterocycles. The minimum Gasteiger partial charge on any atom is -0.338 e. The average molecular weight is 367 g/mol. The summed E-state index contributed by atoms with van der Waals surface area (Å²) < 4.78 is 3.81. The molecular formula is C18H21N7O2. The smallest absolute Gasteiger partial charge is 0.255 e. The van der Waals surface area contributed by atoms with Gasteiger partial charge in [0.1, 0.15) is 12.4 Å². The van der Waals surface area contributed by atoms with Crippen LogP contribution in [0.15, 0.2) is 41.6 Å². The summed E-state index contributed by atoms with van der Waals surface area (Å²) in [6.45, 7) is 1.85. The number of amides is 1. The fraction of sp³-hybridized carbons (Fsp3) is 0.389. The lowest BCUT2D eigenvalue weighted by Crippen LogP contribution is -2.40. The summed E-state index contributed by atoms with van der Waals surface area (Å²) in [5, 5.41) is 12.9. The first-order valence-electron chi connectivity index (χ1n) is 8.95. The molecule has 0 unspecified atom stereocenters. The Balaban J connectivity index is 1.50. The van der Waals surface area contributed by atoms with E-state index in [0.717, 1.165) is 24.5 Å². The van der Waals surface area contributed by atoms with Gasteiger partial charge in [-0.1, -0.05) is 0 Å². The summed E-state index contributed by atoms with van der Waals surface area (Å²) in [6.07, 6.45) is 6.96. The van der Waals surface area contributed by atoms with Crippen molar-refractivity contribution in [2.45, 2.75) is 25.3 Å². The number of carbonyl (C=O) groups excluding carboxylic acids is 1. The summed E-state index contributed by atoms with van der Waals surface area (Å²) >= 11 is 0. The van der Waals surface area contributed by atoms with Crippen molar-refractivity contribution in [2.75, 3.05) is 13.1 Å². The standard InChI is InChI=1S/C18H21N7O2/c1-23-15(12-25-9-3-7-20-25)21-22-17(23)14-4-2-8-24(11-14)18(27)13-5-6-16(26)19-10-13/h3,5-7,9-10,14H,2,4,8,11-12H2,1H3,(H,19,26)/t14-/m0/s1. The zero-order chi connectivity index (χ0) is 18.8. The van der Waals surface area contributed by atoms with Crippen LogP contribution in [0.5, 0.6) is 0 Å². The van der Waals surface area contributed by atoms with E-state index in [-0.39, 0.29) is 17.4 Å². The molecule has 1 N–H and O–H groups in total. The fourth-order valence-electron chi connectivity index (χ4n) is 3.51. The summed E-state index contributed by atoms with van der Waals surface area (Å²) in [5.41, 5.74) is 0.277. The van der Waals surface area contributed by atoms with Crippen LogP contribution in [0, 0.1) is 0 Å². The Bertz CT molecular complexity index is 969. The zero-order valence-corrected chi connectivity index (χ0v) is 15.1. The summed E-state index contributed by atoms with van der Waals surface area (Å²) in [4.78, 5) is 28.3. The highest BCUT2D eigenvalue weighted by molar-refractivity contribution is 5.93. The average Bonchev–Trinajstić information content (AvgIpc) is 3.33. The molecule has 140 valence electrons. The van der Waals surface area contributed by atoms with Gasteiger partial charge in [-0.25, -0.2) is 0 Å². The van der Waals surface area contributed by atoms with Crippen LogP contribution in [-0.2, 0) is 13.6 Å². The Kier molecular flexibility index (Phi) is 4.57. The zero-order valence-electron chi connectivity index (χ0n) is 15.1. The summed E-state index contributed by atoms with van der Waals surface area (Å²) in [5.74, 6) is 1.78. The van der Waals surface area contributed by atoms with Crippen molar-refractivity contribution in [1.82, 2.24) is 34.4 Å². The van der Waals surface area contributed by atoms with Gasteiger partial charge in [-0.05, 0) is 25.0 Å². The van der Waals surface area contributed by atoms with Gasteiger partial charge in [-0.3, -0.25) is 14.3 Å². The minimum absolute atomic E-state index is 0.0742. The van der Waals surface area contributed by atoms with Crippen molar-refractivity contribution in [3.05, 3.63) is 64.4 Å². The number of H-pyrrole nitrogens is 1. The Morgan fingerprint density at radius 2 is 2.22 bits per heavy atom. The van der Waals surface area contributed by atoms with Crippen LogP contribution in [0.1, 0.15) is 40.8 Å². The normalized spacial score (nSPS) is 17.2. The van der Waals surface area contributed by atoms with Crippen molar-refractivity contribution in [3.63, 3.8) is 0 Å². The number of aromatic nitrogens is 6. The van der Waals surface area contributed by atoms with E-state index in [1.54, 1.807) is 16.9 Å². The number of piperidine rings is 1. The third-order valence-corrected chi connectivity index (χ3v) is 4.97. The molecule has 27 heavy (non-hydrogen) atoms. The molecule has 1 aliphatic rings. The topological polar surface area (TPSA) is 102 Å². The van der Waals surface area contributed by atoms with Gasteiger partial charge in [-0.2, -0.15) is 5.10 Å². The van der Waals surface area contributed by atoms with Crippen LogP contribution in [-0.4, -0.2) is 53.4 Å². The number of rotatable bonds is 4. The molecule has 4 rings (SSSR count). The van der Waals surface area contributed by atoms with E-state index in [1.807, 2.05) is 28.8 Å². The molecule has 1 aliphatic heterocycles. The molecule has 1 atom stereocenters. The van der Waals surface area contributed by atoms with E-state index in [4.69, 9.17) is 0 Å². The van der Waals surface area contributed by atoms with Crippen LogP contribution in [0.3, 0.4) is 0 Å². The molecule has 9 heteroatoms. The first kappa shape index (κ1) is 17.2. The lowest BCUT2D eigenvalue weighted by Gasteiger charge is -2.32. The lowest BCUT2D eigenvalue weighted by atomic mass is 9.96. The predicted molar refractivity (Wildman–Crippen MR) is 97.3 cm³/mol. The predicted octanol–water partition coefficient (Wildman–Crippen LogP) is 0.768. The third kappa shape index (κ3) is 3.53. The summed E-state index contributed by atoms with van der Waals surface area (Å²) in [7, 11) is 1.96. The quantitative estimate of drug-likeness (QED) is 0.734. The molecule has 4 heterocycles. The van der Waals surface area contributed by atoms with E-state index < -0.39 is 0 Å². The van der Waals surface area contributed by atoms with Gasteiger partial charge in [0.2, 0.25) is 5.56 Å². The lowest BCUT2D eigenvalue weighted by molar-refractivity contribution is 0.0703. The highest BCUT2D eigenvalue weighted by Crippen LogP contribution is 2.26. The highest BCUT2D eigenvalue weighted by Gasteiger charge is 2.29. The number of nitrogens with one attached hydrogen (secondary N) is 1. The molecule has 1 amide bonds. The first-order valence-corrected chi connectivity index (χ1v) is 8.95. The number of hydrogen-bond donors (Lipinski definition) is 1. The number of aromatic amines is 1. The third-order valence-electron chi connectivity index (χ3n) is 4.97. The number of likely N-dealkylation sites (tertiary alicyclic amines) is 1. The number of hydrogen-bond acceptors (Lipinski definition) is 5. The van der Waals surface area contributed by atoms with Gasteiger partial charge in [0.15, 0.2) is 5.82 Å². The molecule has 0 bridgehead atoms. The molecule has 1 fully saturated rings. The number of carbonyl (C=O) groups is 1. The molecule has 9 nitrogen and oxygen atoms in total. The summed E-state index contributed by atoms with van der Waals surface area (Å²) in [6, 6.07) is 4.81. The SMILES string of the molecule is Cn1c(Cn2cccn2)nnc1[C@H]1CCCN(C(=O)c2ccc(=O)[nH]c2)C1. The van der Waals surface area contributed by atoms with Crippen LogP contribution in [0.25, 0.3) is 0 Å². The van der Waals surface area contributed by atoms with Gasteiger partial charge >= 0.3 is 0 Å². The Labute approximate surface area is 155 Å². The number of pyridine rings is 1. The van der Waals surface area contributed by atoms with Gasteiger partial charge in [0.05, 0.1) is 5.56 Å². The molecular weight excluding hydrogens is 346 g/mol. The van der Waals surface area contributed by atoms with E-state index in [0.29, 0.717) is 25.2 Å². The van der Waals surface area contributed by atoms with Crippen molar-refractivity contribution in [2.24, 2.45) is 7.05 Å². The second-order valence-electron chi connectivity index (χ2n) is 6.77. The second-order valence-corrected chi connectivity index (χ2v) is 6.77. The van der Waals surface area contributed by atoms with Crippen molar-refractivity contribution in [1.29, 1.82) is 0 Å². The van der Waals surface area contributed by atoms with Crippen molar-refractivity contribution >= 4 is 5.91 Å². The Morgan fingerprint density at radius 1 is 1.33 bits per heavy atom. The second kappa shape index (κ2) is 7.18. The van der Waals surface area contributed by atoms with Crippen LogP contribution in [0.4, 0.5) is 0 Å². The largest absolute Gasteiger partial charge is 0.338 e. The fourth-order valence-corrected chi connectivity index (χ4v) is 3.51. The minimum atomic E-state index is -0.216. The Morgan fingerprint density at radius 3 is 2.96 bits per heavy atom. The Hall–Kier alpha value is -3.23. The van der Waals surface area contributed by atoms with Gasteiger partial charge in [0.25, 0.3) is 5.91 Å². The molecule has 0 spiro atoms. The van der Waals surface area contributed by atoms with Gasteiger partial charge in [-0.15, -0.1) is 10.2 Å². The molecule has 0 radical (unpaired) electrons. The monoisotopic (exact) mass is 367 g/mol. The molecule has 0 aromatic carbocycles. The van der Waals surface area contributed by atoms with Crippen LogP contribution < -0.4 is 5.56 Å². The van der Waals surface area contributed by atoms with E-state index in [9.17, 15) is 9.59 Å². The molecule has 3 aromatic rings. The maximum absolute atomic E-state index is 12.7. The maximum atomic E-state index is 12.7. The van der Waals surface area contributed by atoms with Crippen molar-refractivity contribution in [3.8, 4) is 0 Å². The van der Waals surface area contributed by atoms with Gasteiger partial charge in [0, 0.05) is 50.7 Å². The van der Waals surface area contributed by atoms with Crippen LogP contribution in [0.2, 0.25) is 0 Å². The van der Waals surface area contributed by atoms with Crippen molar-refractivity contribution < 1.29 is 4.79 Å². The van der Waals surface area contributed by atoms with E-state index in [1.165, 1.54) is 12.3 Å². The first-order chi connectivity index (χ1) is 13.1. The van der Waals surface area contributed by atoms with Crippen LogP contribution >= 0.6 is 0 Å². The molecule has 0 aliphatic carbocycles.